The first-order valence-electron chi connectivity index (χ1n) is 9.99. The summed E-state index contributed by atoms with van der Waals surface area (Å²) in [7, 11) is 0. The van der Waals surface area contributed by atoms with Gasteiger partial charge in [-0.1, -0.05) is 25.1 Å². The number of carbonyl (C=O) groups is 1. The lowest BCUT2D eigenvalue weighted by Gasteiger charge is -2.38. The third-order valence-electron chi connectivity index (χ3n) is 5.81. The first kappa shape index (κ1) is 18.0. The van der Waals surface area contributed by atoms with Gasteiger partial charge in [0, 0.05) is 19.6 Å². The number of benzene rings is 1. The van der Waals surface area contributed by atoms with Crippen molar-refractivity contribution >= 4 is 5.91 Å². The zero-order valence-electron chi connectivity index (χ0n) is 16.0. The van der Waals surface area contributed by atoms with Gasteiger partial charge in [0.15, 0.2) is 11.4 Å². The second-order valence-corrected chi connectivity index (χ2v) is 7.69. The van der Waals surface area contributed by atoms with Gasteiger partial charge in [-0.3, -0.25) is 4.79 Å². The minimum absolute atomic E-state index is 0.0170. The molecule has 2 aromatic rings. The van der Waals surface area contributed by atoms with Crippen LogP contribution < -0.4 is 10.1 Å². The standard InChI is InChI=1S/C21H28N4O2/c1-2-14-27-18-15-25(17-6-4-3-5-7-17)23-19(18)20(26)24-12-9-21(10-13-24)8-11-22-16-21/h3-7,15,22H,2,8-14,16H2,1H3. The quantitative estimate of drug-likeness (QED) is 0.882. The van der Waals surface area contributed by atoms with Crippen molar-refractivity contribution in [3.63, 3.8) is 0 Å². The number of ether oxygens (including phenoxy) is 1. The summed E-state index contributed by atoms with van der Waals surface area (Å²) in [6.45, 7) is 6.42. The molecule has 1 amide bonds. The molecule has 4 rings (SSSR count). The normalized spacial score (nSPS) is 18.8. The maximum atomic E-state index is 13.2. The number of para-hydroxylation sites is 1. The van der Waals surface area contributed by atoms with Crippen LogP contribution in [0.4, 0.5) is 0 Å². The van der Waals surface area contributed by atoms with Crippen LogP contribution in [0, 0.1) is 5.41 Å². The summed E-state index contributed by atoms with van der Waals surface area (Å²) in [5.41, 5.74) is 1.74. The molecule has 0 saturated carbocycles. The van der Waals surface area contributed by atoms with Crippen molar-refractivity contribution in [2.24, 2.45) is 5.41 Å². The van der Waals surface area contributed by atoms with Crippen molar-refractivity contribution in [2.45, 2.75) is 32.6 Å². The third kappa shape index (κ3) is 3.72. The summed E-state index contributed by atoms with van der Waals surface area (Å²) in [4.78, 5) is 15.1. The van der Waals surface area contributed by atoms with Crippen molar-refractivity contribution < 1.29 is 9.53 Å². The lowest BCUT2D eigenvalue weighted by molar-refractivity contribution is 0.0597. The number of amides is 1. The Morgan fingerprint density at radius 1 is 1.22 bits per heavy atom. The first-order valence-corrected chi connectivity index (χ1v) is 9.99. The number of likely N-dealkylation sites (tertiary alicyclic amines) is 1. The van der Waals surface area contributed by atoms with E-state index in [4.69, 9.17) is 4.74 Å². The van der Waals surface area contributed by atoms with Gasteiger partial charge in [-0.2, -0.15) is 5.10 Å². The minimum atomic E-state index is -0.0170. The number of rotatable bonds is 5. The predicted octanol–water partition coefficient (Wildman–Crippen LogP) is 2.88. The number of aromatic nitrogens is 2. The summed E-state index contributed by atoms with van der Waals surface area (Å²) >= 11 is 0. The largest absolute Gasteiger partial charge is 0.489 e. The average Bonchev–Trinajstić information content (AvgIpc) is 3.34. The molecule has 1 aromatic heterocycles. The molecule has 2 fully saturated rings. The fraction of sp³-hybridized carbons (Fsp3) is 0.524. The molecule has 27 heavy (non-hydrogen) atoms. The molecule has 6 nitrogen and oxygen atoms in total. The van der Waals surface area contributed by atoms with E-state index in [-0.39, 0.29) is 5.91 Å². The van der Waals surface area contributed by atoms with Crippen LogP contribution in [0.1, 0.15) is 43.1 Å². The van der Waals surface area contributed by atoms with Gasteiger partial charge in [-0.15, -0.1) is 0 Å². The number of hydrogen-bond acceptors (Lipinski definition) is 4. The van der Waals surface area contributed by atoms with E-state index >= 15 is 0 Å². The van der Waals surface area contributed by atoms with E-state index in [2.05, 4.69) is 17.3 Å². The van der Waals surface area contributed by atoms with Gasteiger partial charge in [0.05, 0.1) is 18.5 Å². The molecular weight excluding hydrogens is 340 g/mol. The van der Waals surface area contributed by atoms with Crippen molar-refractivity contribution in [3.05, 3.63) is 42.2 Å². The highest BCUT2D eigenvalue weighted by atomic mass is 16.5. The molecule has 2 saturated heterocycles. The van der Waals surface area contributed by atoms with E-state index in [1.165, 1.54) is 6.42 Å². The van der Waals surface area contributed by atoms with Crippen LogP contribution >= 0.6 is 0 Å². The highest BCUT2D eigenvalue weighted by molar-refractivity contribution is 5.95. The van der Waals surface area contributed by atoms with E-state index in [1.54, 1.807) is 4.68 Å². The van der Waals surface area contributed by atoms with Gasteiger partial charge >= 0.3 is 0 Å². The Morgan fingerprint density at radius 3 is 2.67 bits per heavy atom. The van der Waals surface area contributed by atoms with Crippen LogP contribution in [0.25, 0.3) is 5.69 Å². The Labute approximate surface area is 160 Å². The molecule has 3 heterocycles. The van der Waals surface area contributed by atoms with Gasteiger partial charge in [-0.05, 0) is 49.8 Å². The van der Waals surface area contributed by atoms with Gasteiger partial charge < -0.3 is 15.0 Å². The summed E-state index contributed by atoms with van der Waals surface area (Å²) in [6.07, 6.45) is 6.07. The Balaban J connectivity index is 1.54. The molecule has 0 bridgehead atoms. The Hall–Kier alpha value is -2.34. The topological polar surface area (TPSA) is 59.4 Å². The van der Waals surface area contributed by atoms with Crippen LogP contribution in [0.2, 0.25) is 0 Å². The van der Waals surface area contributed by atoms with Gasteiger partial charge in [0.1, 0.15) is 0 Å². The van der Waals surface area contributed by atoms with E-state index in [1.807, 2.05) is 41.4 Å². The number of nitrogens with one attached hydrogen (secondary N) is 1. The zero-order valence-corrected chi connectivity index (χ0v) is 16.0. The van der Waals surface area contributed by atoms with Crippen LogP contribution in [0.5, 0.6) is 5.75 Å². The lowest BCUT2D eigenvalue weighted by atomic mass is 9.78. The second-order valence-electron chi connectivity index (χ2n) is 7.69. The van der Waals surface area contributed by atoms with Gasteiger partial charge in [-0.25, -0.2) is 4.68 Å². The molecule has 2 aliphatic rings. The highest BCUT2D eigenvalue weighted by Crippen LogP contribution is 2.37. The van der Waals surface area contributed by atoms with E-state index in [9.17, 15) is 4.79 Å². The fourth-order valence-electron chi connectivity index (χ4n) is 4.09. The van der Waals surface area contributed by atoms with Crippen molar-refractivity contribution in [3.8, 4) is 11.4 Å². The molecule has 0 unspecified atom stereocenters. The molecule has 2 aliphatic heterocycles. The summed E-state index contributed by atoms with van der Waals surface area (Å²) < 4.78 is 7.59. The number of nitrogens with zero attached hydrogens (tertiary/aromatic N) is 3. The molecule has 0 radical (unpaired) electrons. The van der Waals surface area contributed by atoms with Crippen LogP contribution in [-0.2, 0) is 0 Å². The SMILES string of the molecule is CCCOc1cn(-c2ccccc2)nc1C(=O)N1CCC2(CCNC2)CC1. The maximum Gasteiger partial charge on any atom is 0.278 e. The molecule has 0 atom stereocenters. The van der Waals surface area contributed by atoms with Crippen LogP contribution in [0.3, 0.4) is 0 Å². The minimum Gasteiger partial charge on any atom is -0.489 e. The molecular formula is C21H28N4O2. The Bertz CT molecular complexity index is 771. The fourth-order valence-corrected chi connectivity index (χ4v) is 4.09. The number of carbonyl (C=O) groups excluding carboxylic acids is 1. The number of piperidine rings is 1. The lowest BCUT2D eigenvalue weighted by Crippen LogP contribution is -2.44. The second kappa shape index (κ2) is 7.72. The van der Waals surface area contributed by atoms with Crippen molar-refractivity contribution in [1.29, 1.82) is 0 Å². The van der Waals surface area contributed by atoms with E-state index in [0.29, 0.717) is 23.5 Å². The molecule has 1 N–H and O–H groups in total. The molecule has 0 aliphatic carbocycles. The molecule has 1 aromatic carbocycles. The predicted molar refractivity (Wildman–Crippen MR) is 104 cm³/mol. The van der Waals surface area contributed by atoms with Gasteiger partial charge in [0.25, 0.3) is 5.91 Å². The van der Waals surface area contributed by atoms with Crippen LogP contribution in [0.15, 0.2) is 36.5 Å². The Morgan fingerprint density at radius 2 is 2.00 bits per heavy atom. The monoisotopic (exact) mass is 368 g/mol. The van der Waals surface area contributed by atoms with Crippen LogP contribution in [-0.4, -0.2) is 53.4 Å². The van der Waals surface area contributed by atoms with Crippen molar-refractivity contribution in [2.75, 3.05) is 32.8 Å². The average molecular weight is 368 g/mol. The third-order valence-corrected chi connectivity index (χ3v) is 5.81. The molecule has 1 spiro atoms. The summed E-state index contributed by atoms with van der Waals surface area (Å²) in [6, 6.07) is 9.84. The van der Waals surface area contributed by atoms with Crippen molar-refractivity contribution in [1.82, 2.24) is 20.0 Å². The Kier molecular flexibility index (Phi) is 5.16. The van der Waals surface area contributed by atoms with E-state index in [0.717, 1.165) is 51.1 Å². The van der Waals surface area contributed by atoms with Gasteiger partial charge in [0.2, 0.25) is 0 Å². The highest BCUT2D eigenvalue weighted by Gasteiger charge is 2.39. The molecule has 6 heteroatoms. The maximum absolute atomic E-state index is 13.2. The zero-order chi connectivity index (χ0) is 18.7. The summed E-state index contributed by atoms with van der Waals surface area (Å²) in [5.74, 6) is 0.560. The first-order chi connectivity index (χ1) is 13.2. The van der Waals surface area contributed by atoms with E-state index < -0.39 is 0 Å². The molecule has 144 valence electrons. The summed E-state index contributed by atoms with van der Waals surface area (Å²) in [5, 5.41) is 8.06. The smallest absolute Gasteiger partial charge is 0.278 e. The number of hydrogen-bond donors (Lipinski definition) is 1.